The van der Waals surface area contributed by atoms with Crippen LogP contribution in [0.4, 0.5) is 5.69 Å². The number of benzene rings is 1. The topological polar surface area (TPSA) is 173 Å². The summed E-state index contributed by atoms with van der Waals surface area (Å²) in [4.78, 5) is 36.4. The Hall–Kier alpha value is -3.14. The van der Waals surface area contributed by atoms with E-state index < -0.39 is 23.9 Å². The van der Waals surface area contributed by atoms with Gasteiger partial charge in [0.15, 0.2) is 0 Å². The van der Waals surface area contributed by atoms with Gasteiger partial charge in [0.1, 0.15) is 0 Å². The minimum absolute atomic E-state index is 0.657. The molecule has 0 amide bonds. The van der Waals surface area contributed by atoms with Crippen LogP contribution in [0.15, 0.2) is 18.2 Å². The minimum atomic E-state index is -1.82. The highest BCUT2D eigenvalue weighted by molar-refractivity contribution is 6.27. The standard InChI is InChI=1S/C13H20N2.2C2H2O4/c1-10-5-3-7-13(11(10)2)15-9-12-6-4-8-14-12;2*3-1(4)2(5)6/h3,5,7,12,14-15H,4,6,8-9H2,1-2H3;2*(H,3,4)(H,5,6). The third-order valence-electron chi connectivity index (χ3n) is 3.67. The summed E-state index contributed by atoms with van der Waals surface area (Å²) in [7, 11) is 0. The molecule has 0 aliphatic carbocycles. The van der Waals surface area contributed by atoms with Crippen molar-refractivity contribution < 1.29 is 39.6 Å². The number of carboxylic acids is 4. The number of aryl methyl sites for hydroxylation is 1. The number of carboxylic acid groups (broad SMARTS) is 4. The Balaban J connectivity index is 0.000000470. The molecule has 1 fully saturated rings. The van der Waals surface area contributed by atoms with E-state index in [1.54, 1.807) is 0 Å². The van der Waals surface area contributed by atoms with Crippen molar-refractivity contribution in [2.75, 3.05) is 18.4 Å². The molecular formula is C17H24N2O8. The van der Waals surface area contributed by atoms with Gasteiger partial charge in [-0.1, -0.05) is 12.1 Å². The normalized spacial score (nSPS) is 14.7. The number of nitrogens with one attached hydrogen (secondary N) is 2. The second kappa shape index (κ2) is 12.3. The van der Waals surface area contributed by atoms with Crippen molar-refractivity contribution >= 4 is 29.6 Å². The molecule has 1 aliphatic heterocycles. The largest absolute Gasteiger partial charge is 0.473 e. The van der Waals surface area contributed by atoms with Crippen LogP contribution in [-0.4, -0.2) is 63.4 Å². The maximum absolute atomic E-state index is 9.10. The Bertz CT molecular complexity index is 621. The molecule has 0 saturated carbocycles. The van der Waals surface area contributed by atoms with E-state index in [4.69, 9.17) is 39.6 Å². The van der Waals surface area contributed by atoms with Gasteiger partial charge in [0.05, 0.1) is 0 Å². The second-order valence-corrected chi connectivity index (χ2v) is 5.64. The maximum atomic E-state index is 9.10. The Morgan fingerprint density at radius 3 is 1.93 bits per heavy atom. The van der Waals surface area contributed by atoms with Crippen LogP contribution in [0.2, 0.25) is 0 Å². The van der Waals surface area contributed by atoms with E-state index in [9.17, 15) is 0 Å². The number of rotatable bonds is 3. The van der Waals surface area contributed by atoms with Gasteiger partial charge in [-0.25, -0.2) is 19.2 Å². The van der Waals surface area contributed by atoms with Crippen LogP contribution in [0, 0.1) is 13.8 Å². The highest BCUT2D eigenvalue weighted by Crippen LogP contribution is 2.18. The van der Waals surface area contributed by atoms with E-state index in [1.165, 1.54) is 36.2 Å². The predicted octanol–water partition coefficient (Wildman–Crippen LogP) is 0.779. The molecule has 1 heterocycles. The molecule has 1 aliphatic rings. The lowest BCUT2D eigenvalue weighted by molar-refractivity contribution is -0.159. The van der Waals surface area contributed by atoms with Crippen LogP contribution in [0.1, 0.15) is 24.0 Å². The van der Waals surface area contributed by atoms with Crippen LogP contribution < -0.4 is 10.6 Å². The molecule has 6 N–H and O–H groups in total. The van der Waals surface area contributed by atoms with Gasteiger partial charge in [0, 0.05) is 18.3 Å². The Morgan fingerprint density at radius 1 is 1.00 bits per heavy atom. The second-order valence-electron chi connectivity index (χ2n) is 5.64. The third kappa shape index (κ3) is 10.4. The molecule has 10 nitrogen and oxygen atoms in total. The van der Waals surface area contributed by atoms with Crippen LogP contribution in [-0.2, 0) is 19.2 Å². The first-order valence-corrected chi connectivity index (χ1v) is 8.02. The van der Waals surface area contributed by atoms with E-state index in [2.05, 4.69) is 42.7 Å². The molecule has 10 heteroatoms. The first-order chi connectivity index (χ1) is 12.6. The smallest absolute Gasteiger partial charge is 0.414 e. The zero-order valence-corrected chi connectivity index (χ0v) is 15.1. The molecule has 0 aromatic heterocycles. The lowest BCUT2D eigenvalue weighted by Gasteiger charge is -2.15. The predicted molar refractivity (Wildman–Crippen MR) is 96.0 cm³/mol. The van der Waals surface area contributed by atoms with Crippen molar-refractivity contribution in [1.82, 2.24) is 5.32 Å². The van der Waals surface area contributed by atoms with Crippen molar-refractivity contribution in [3.8, 4) is 0 Å². The molecule has 0 radical (unpaired) electrons. The summed E-state index contributed by atoms with van der Waals surface area (Å²) in [6.45, 7) is 6.57. The Morgan fingerprint density at radius 2 is 1.52 bits per heavy atom. The van der Waals surface area contributed by atoms with Gasteiger partial charge < -0.3 is 31.1 Å². The van der Waals surface area contributed by atoms with Gasteiger partial charge >= 0.3 is 23.9 Å². The van der Waals surface area contributed by atoms with E-state index in [0.29, 0.717) is 6.04 Å². The SMILES string of the molecule is Cc1cccc(NCC2CCCN2)c1C.O=C(O)C(=O)O.O=C(O)C(=O)O. The number of carbonyl (C=O) groups is 4. The summed E-state index contributed by atoms with van der Waals surface area (Å²) in [5.41, 5.74) is 4.01. The molecule has 150 valence electrons. The fourth-order valence-corrected chi connectivity index (χ4v) is 2.11. The first kappa shape index (κ1) is 23.9. The number of anilines is 1. The van der Waals surface area contributed by atoms with Gasteiger partial charge in [0.2, 0.25) is 0 Å². The number of aliphatic carboxylic acids is 4. The molecule has 2 rings (SSSR count). The quantitative estimate of drug-likeness (QED) is 0.409. The third-order valence-corrected chi connectivity index (χ3v) is 3.67. The van der Waals surface area contributed by atoms with E-state index >= 15 is 0 Å². The van der Waals surface area contributed by atoms with Crippen molar-refractivity contribution in [1.29, 1.82) is 0 Å². The van der Waals surface area contributed by atoms with Crippen molar-refractivity contribution in [3.63, 3.8) is 0 Å². The molecule has 1 aromatic rings. The molecule has 0 bridgehead atoms. The van der Waals surface area contributed by atoms with E-state index in [1.807, 2.05) is 0 Å². The maximum Gasteiger partial charge on any atom is 0.414 e. The average Bonchev–Trinajstić information content (AvgIpc) is 3.10. The number of hydrogen-bond acceptors (Lipinski definition) is 6. The van der Waals surface area contributed by atoms with E-state index in [0.717, 1.165) is 6.54 Å². The first-order valence-electron chi connectivity index (χ1n) is 8.02. The van der Waals surface area contributed by atoms with Crippen LogP contribution in [0.5, 0.6) is 0 Å². The van der Waals surface area contributed by atoms with Crippen molar-refractivity contribution in [2.24, 2.45) is 0 Å². The molecular weight excluding hydrogens is 360 g/mol. The molecule has 1 unspecified atom stereocenters. The van der Waals surface area contributed by atoms with Gasteiger partial charge in [0.25, 0.3) is 0 Å². The van der Waals surface area contributed by atoms with Crippen LogP contribution in [0.25, 0.3) is 0 Å². The molecule has 1 saturated heterocycles. The van der Waals surface area contributed by atoms with Gasteiger partial charge in [-0.3, -0.25) is 0 Å². The Kier molecular flexibility index (Phi) is 10.8. The summed E-state index contributed by atoms with van der Waals surface area (Å²) >= 11 is 0. The lowest BCUT2D eigenvalue weighted by Crippen LogP contribution is -2.29. The summed E-state index contributed by atoms with van der Waals surface area (Å²) in [5.74, 6) is -7.30. The highest BCUT2D eigenvalue weighted by atomic mass is 16.4. The Labute approximate surface area is 155 Å². The zero-order chi connectivity index (χ0) is 21.0. The average molecular weight is 384 g/mol. The monoisotopic (exact) mass is 384 g/mol. The van der Waals surface area contributed by atoms with Crippen molar-refractivity contribution in [3.05, 3.63) is 29.3 Å². The van der Waals surface area contributed by atoms with E-state index in [-0.39, 0.29) is 0 Å². The fourth-order valence-electron chi connectivity index (χ4n) is 2.11. The molecule has 1 aromatic carbocycles. The summed E-state index contributed by atoms with van der Waals surface area (Å²) in [6, 6.07) is 7.10. The van der Waals surface area contributed by atoms with Gasteiger partial charge in [-0.05, 0) is 50.4 Å². The van der Waals surface area contributed by atoms with Crippen LogP contribution >= 0.6 is 0 Å². The minimum Gasteiger partial charge on any atom is -0.473 e. The fraction of sp³-hybridized carbons (Fsp3) is 0.412. The van der Waals surface area contributed by atoms with Gasteiger partial charge in [-0.15, -0.1) is 0 Å². The molecule has 1 atom stereocenters. The number of hydrogen-bond donors (Lipinski definition) is 6. The summed E-state index contributed by atoms with van der Waals surface area (Å²) in [5, 5.41) is 36.6. The lowest BCUT2D eigenvalue weighted by atomic mass is 10.1. The molecule has 0 spiro atoms. The summed E-state index contributed by atoms with van der Waals surface area (Å²) in [6.07, 6.45) is 2.62. The van der Waals surface area contributed by atoms with Crippen molar-refractivity contribution in [2.45, 2.75) is 32.7 Å². The zero-order valence-electron chi connectivity index (χ0n) is 15.1. The van der Waals surface area contributed by atoms with Gasteiger partial charge in [-0.2, -0.15) is 0 Å². The molecule has 27 heavy (non-hydrogen) atoms. The van der Waals surface area contributed by atoms with Crippen LogP contribution in [0.3, 0.4) is 0 Å². The highest BCUT2D eigenvalue weighted by Gasteiger charge is 2.13. The summed E-state index contributed by atoms with van der Waals surface area (Å²) < 4.78 is 0.